The second-order valence-electron chi connectivity index (χ2n) is 7.14. The number of rotatable bonds is 6. The molecule has 0 atom stereocenters. The molecule has 0 saturated carbocycles. The van der Waals surface area contributed by atoms with Crippen molar-refractivity contribution < 1.29 is 9.18 Å². The number of hydrogen-bond acceptors (Lipinski definition) is 4. The van der Waals surface area contributed by atoms with E-state index in [1.165, 1.54) is 12.3 Å². The lowest BCUT2D eigenvalue weighted by Gasteiger charge is -2.19. The van der Waals surface area contributed by atoms with E-state index >= 15 is 0 Å². The molecule has 0 radical (unpaired) electrons. The summed E-state index contributed by atoms with van der Waals surface area (Å²) in [4.78, 5) is 16.7. The van der Waals surface area contributed by atoms with E-state index in [1.54, 1.807) is 12.2 Å². The number of anilines is 1. The highest BCUT2D eigenvalue weighted by molar-refractivity contribution is 6.09. The third-order valence-corrected chi connectivity index (χ3v) is 3.95. The van der Waals surface area contributed by atoms with E-state index in [0.29, 0.717) is 28.7 Å². The van der Waals surface area contributed by atoms with Crippen molar-refractivity contribution in [3.8, 4) is 0 Å². The molecule has 0 spiro atoms. The lowest BCUT2D eigenvalue weighted by Crippen LogP contribution is -2.45. The van der Waals surface area contributed by atoms with Crippen LogP contribution in [0.15, 0.2) is 55.0 Å². The van der Waals surface area contributed by atoms with Crippen molar-refractivity contribution in [3.05, 3.63) is 66.2 Å². The molecule has 5 N–H and O–H groups in total. The SMILES string of the molecule is C=C(F)/C=C\C=C(/C)c1ccc2c(C(=O)NCC(C)(C)N)cnc(N)c2c1. The molecule has 5 nitrogen and oxygen atoms in total. The van der Waals surface area contributed by atoms with Gasteiger partial charge >= 0.3 is 0 Å². The second kappa shape index (κ2) is 8.14. The summed E-state index contributed by atoms with van der Waals surface area (Å²) in [5.41, 5.74) is 13.7. The Kier molecular flexibility index (Phi) is 6.13. The number of allylic oxidation sites excluding steroid dienone is 5. The molecule has 0 fully saturated rings. The Hall–Kier alpha value is -2.99. The summed E-state index contributed by atoms with van der Waals surface area (Å²) in [6.45, 7) is 9.08. The summed E-state index contributed by atoms with van der Waals surface area (Å²) in [6.07, 6.45) is 6.10. The number of amides is 1. The van der Waals surface area contributed by atoms with Gasteiger partial charge in [0, 0.05) is 23.7 Å². The number of pyridine rings is 1. The van der Waals surface area contributed by atoms with Crippen LogP contribution in [0.3, 0.4) is 0 Å². The molecule has 0 saturated heterocycles. The van der Waals surface area contributed by atoms with Gasteiger partial charge < -0.3 is 16.8 Å². The number of nitrogen functional groups attached to an aromatic ring is 1. The summed E-state index contributed by atoms with van der Waals surface area (Å²) in [5, 5.41) is 4.20. The van der Waals surface area contributed by atoms with Gasteiger partial charge in [-0.1, -0.05) is 30.9 Å². The molecular formula is C21H25FN4O. The average Bonchev–Trinajstić information content (AvgIpc) is 2.59. The zero-order chi connectivity index (χ0) is 20.2. The van der Waals surface area contributed by atoms with E-state index in [-0.39, 0.29) is 5.91 Å². The molecule has 142 valence electrons. The molecule has 1 aromatic heterocycles. The Morgan fingerprint density at radius 2 is 2.07 bits per heavy atom. The Balaban J connectivity index is 2.40. The van der Waals surface area contributed by atoms with Gasteiger partial charge in [-0.25, -0.2) is 9.37 Å². The van der Waals surface area contributed by atoms with Crippen molar-refractivity contribution >= 4 is 28.1 Å². The van der Waals surface area contributed by atoms with Crippen molar-refractivity contribution in [1.29, 1.82) is 0 Å². The van der Waals surface area contributed by atoms with Gasteiger partial charge in [0.05, 0.1) is 5.56 Å². The van der Waals surface area contributed by atoms with Crippen LogP contribution in [-0.4, -0.2) is 23.0 Å². The molecule has 1 heterocycles. The standard InChI is InChI=1S/C21H25FN4O/c1-13(6-5-7-14(2)22)15-8-9-16-17(10-15)19(23)25-11-18(16)20(27)26-12-21(3,4)24/h5-11H,2,12,24H2,1,3-4H3,(H2,23,25)(H,26,27)/b7-5-,13-6+. The zero-order valence-electron chi connectivity index (χ0n) is 15.8. The minimum Gasteiger partial charge on any atom is -0.383 e. The van der Waals surface area contributed by atoms with Gasteiger partial charge in [0.15, 0.2) is 0 Å². The van der Waals surface area contributed by atoms with Crippen molar-refractivity contribution in [3.63, 3.8) is 0 Å². The van der Waals surface area contributed by atoms with Gasteiger partial charge in [0.25, 0.3) is 5.91 Å². The Bertz CT molecular complexity index is 939. The van der Waals surface area contributed by atoms with Crippen LogP contribution < -0.4 is 16.8 Å². The van der Waals surface area contributed by atoms with Crippen molar-refractivity contribution in [2.75, 3.05) is 12.3 Å². The fraction of sp³-hybridized carbons (Fsp3) is 0.238. The highest BCUT2D eigenvalue weighted by atomic mass is 19.1. The van der Waals surface area contributed by atoms with Gasteiger partial charge in [-0.15, -0.1) is 0 Å². The van der Waals surface area contributed by atoms with Crippen molar-refractivity contribution in [2.24, 2.45) is 5.73 Å². The number of fused-ring (bicyclic) bond motifs is 1. The molecule has 2 rings (SSSR count). The molecule has 6 heteroatoms. The molecule has 1 aromatic carbocycles. The number of nitrogens with one attached hydrogen (secondary N) is 1. The summed E-state index contributed by atoms with van der Waals surface area (Å²) in [7, 11) is 0. The first kappa shape index (κ1) is 20.3. The van der Waals surface area contributed by atoms with Crippen LogP contribution in [0.4, 0.5) is 10.2 Å². The smallest absolute Gasteiger partial charge is 0.253 e. The Morgan fingerprint density at radius 1 is 1.37 bits per heavy atom. The number of benzene rings is 1. The number of nitrogens with zero attached hydrogens (tertiary/aromatic N) is 1. The molecule has 0 aliphatic rings. The maximum atomic E-state index is 12.7. The van der Waals surface area contributed by atoms with E-state index < -0.39 is 11.4 Å². The number of aromatic nitrogens is 1. The van der Waals surface area contributed by atoms with Crippen molar-refractivity contribution in [1.82, 2.24) is 10.3 Å². The van der Waals surface area contributed by atoms with Crippen LogP contribution in [0.5, 0.6) is 0 Å². The predicted molar refractivity (Wildman–Crippen MR) is 110 cm³/mol. The fourth-order valence-corrected chi connectivity index (χ4v) is 2.49. The summed E-state index contributed by atoms with van der Waals surface area (Å²) >= 11 is 0. The number of nitrogens with two attached hydrogens (primary N) is 2. The number of hydrogen-bond donors (Lipinski definition) is 3. The number of carbonyl (C=O) groups excluding carboxylic acids is 1. The summed E-state index contributed by atoms with van der Waals surface area (Å²) in [6, 6.07) is 5.58. The highest BCUT2D eigenvalue weighted by Crippen LogP contribution is 2.27. The largest absolute Gasteiger partial charge is 0.383 e. The molecular weight excluding hydrogens is 343 g/mol. The maximum absolute atomic E-state index is 12.7. The zero-order valence-corrected chi connectivity index (χ0v) is 15.8. The van der Waals surface area contributed by atoms with E-state index in [4.69, 9.17) is 11.5 Å². The first-order valence-electron chi connectivity index (χ1n) is 8.53. The molecule has 1 amide bonds. The summed E-state index contributed by atoms with van der Waals surface area (Å²) < 4.78 is 12.7. The quantitative estimate of drug-likeness (QED) is 0.677. The normalized spacial score (nSPS) is 12.6. The molecule has 27 heavy (non-hydrogen) atoms. The van der Waals surface area contributed by atoms with E-state index in [0.717, 1.165) is 11.1 Å². The maximum Gasteiger partial charge on any atom is 0.253 e. The third kappa shape index (κ3) is 5.49. The molecule has 2 aromatic rings. The minimum absolute atomic E-state index is 0.254. The van der Waals surface area contributed by atoms with Gasteiger partial charge in [-0.05, 0) is 49.4 Å². The van der Waals surface area contributed by atoms with Crippen LogP contribution in [-0.2, 0) is 0 Å². The van der Waals surface area contributed by atoms with Gasteiger partial charge in [0.1, 0.15) is 11.6 Å². The topological polar surface area (TPSA) is 94.0 Å². The highest BCUT2D eigenvalue weighted by Gasteiger charge is 2.16. The average molecular weight is 368 g/mol. The predicted octanol–water partition coefficient (Wildman–Crippen LogP) is 3.73. The third-order valence-electron chi connectivity index (χ3n) is 3.95. The minimum atomic E-state index is -0.514. The van der Waals surface area contributed by atoms with Gasteiger partial charge in [0.2, 0.25) is 0 Å². The fourth-order valence-electron chi connectivity index (χ4n) is 2.49. The monoisotopic (exact) mass is 368 g/mol. The molecule has 0 bridgehead atoms. The van der Waals surface area contributed by atoms with Gasteiger partial charge in [-0.2, -0.15) is 0 Å². The van der Waals surface area contributed by atoms with Crippen LogP contribution in [0.2, 0.25) is 0 Å². The first-order valence-corrected chi connectivity index (χ1v) is 8.53. The van der Waals surface area contributed by atoms with E-state index in [1.807, 2.05) is 39.0 Å². The lowest BCUT2D eigenvalue weighted by atomic mass is 9.99. The van der Waals surface area contributed by atoms with Gasteiger partial charge in [-0.3, -0.25) is 4.79 Å². The summed E-state index contributed by atoms with van der Waals surface area (Å²) in [5.74, 6) is -0.430. The first-order chi connectivity index (χ1) is 12.6. The van der Waals surface area contributed by atoms with E-state index in [9.17, 15) is 9.18 Å². The van der Waals surface area contributed by atoms with Crippen LogP contribution in [0.25, 0.3) is 16.3 Å². The Morgan fingerprint density at radius 3 is 2.70 bits per heavy atom. The molecule has 0 aliphatic carbocycles. The lowest BCUT2D eigenvalue weighted by molar-refractivity contribution is 0.0947. The molecule has 0 aliphatic heterocycles. The van der Waals surface area contributed by atoms with Crippen LogP contribution in [0, 0.1) is 0 Å². The second-order valence-corrected chi connectivity index (χ2v) is 7.14. The van der Waals surface area contributed by atoms with E-state index in [2.05, 4.69) is 16.9 Å². The van der Waals surface area contributed by atoms with Crippen LogP contribution >= 0.6 is 0 Å². The van der Waals surface area contributed by atoms with Crippen LogP contribution in [0.1, 0.15) is 36.7 Å². The van der Waals surface area contributed by atoms with Crippen molar-refractivity contribution in [2.45, 2.75) is 26.3 Å². The number of halogens is 1. The Labute approximate surface area is 158 Å². The molecule has 0 unspecified atom stereocenters. The number of carbonyl (C=O) groups is 1.